The molecule has 1 heterocycles. The number of benzene rings is 1. The molecule has 2 N–H and O–H groups in total. The second-order valence-electron chi connectivity index (χ2n) is 7.51. The molecule has 3 atom stereocenters. The van der Waals surface area contributed by atoms with Gasteiger partial charge in [-0.25, -0.2) is 4.39 Å². The molecule has 1 aromatic rings. The maximum Gasteiger partial charge on any atom is 0.132 e. The Labute approximate surface area is 132 Å². The molecule has 22 heavy (non-hydrogen) atoms. The minimum absolute atomic E-state index is 0.0430. The molecule has 2 aliphatic carbocycles. The van der Waals surface area contributed by atoms with Crippen LogP contribution < -0.4 is 9.80 Å². The van der Waals surface area contributed by atoms with E-state index in [1.54, 1.807) is 21.9 Å². The van der Waals surface area contributed by atoms with Gasteiger partial charge in [-0.2, -0.15) is 0 Å². The fraction of sp³-hybridized carbons (Fsp3) is 0.579. The van der Waals surface area contributed by atoms with Crippen molar-refractivity contribution in [3.63, 3.8) is 0 Å². The van der Waals surface area contributed by atoms with Crippen molar-refractivity contribution in [1.82, 2.24) is 0 Å². The van der Waals surface area contributed by atoms with Gasteiger partial charge in [0.25, 0.3) is 0 Å². The van der Waals surface area contributed by atoms with Crippen molar-refractivity contribution in [3.05, 3.63) is 47.8 Å². The molecule has 3 aliphatic rings. The van der Waals surface area contributed by atoms with E-state index in [0.29, 0.717) is 0 Å². The van der Waals surface area contributed by atoms with Crippen molar-refractivity contribution in [2.45, 2.75) is 19.4 Å². The van der Waals surface area contributed by atoms with Crippen LogP contribution in [-0.4, -0.2) is 32.7 Å². The lowest BCUT2D eigenvalue weighted by molar-refractivity contribution is -1.02. The number of quaternary nitrogens is 2. The van der Waals surface area contributed by atoms with Crippen molar-refractivity contribution in [2.75, 3.05) is 32.7 Å². The highest BCUT2D eigenvalue weighted by atomic mass is 19.1. The van der Waals surface area contributed by atoms with Gasteiger partial charge in [0.1, 0.15) is 38.5 Å². The highest BCUT2D eigenvalue weighted by Gasteiger charge is 2.38. The van der Waals surface area contributed by atoms with Gasteiger partial charge in [-0.15, -0.1) is 0 Å². The summed E-state index contributed by atoms with van der Waals surface area (Å²) in [5.74, 6) is 2.65. The molecule has 2 bridgehead atoms. The van der Waals surface area contributed by atoms with Crippen LogP contribution in [0.4, 0.5) is 4.39 Å². The Bertz CT molecular complexity index is 548. The predicted octanol–water partition coefficient (Wildman–Crippen LogP) is 0.321. The van der Waals surface area contributed by atoms with Crippen LogP contribution in [0.3, 0.4) is 0 Å². The average molecular weight is 302 g/mol. The van der Waals surface area contributed by atoms with Crippen LogP contribution in [0.5, 0.6) is 0 Å². The molecule has 0 unspecified atom stereocenters. The summed E-state index contributed by atoms with van der Waals surface area (Å²) in [5.41, 5.74) is 0.874. The van der Waals surface area contributed by atoms with Crippen molar-refractivity contribution < 1.29 is 14.2 Å². The molecular weight excluding hydrogens is 275 g/mol. The minimum Gasteiger partial charge on any atom is -0.325 e. The summed E-state index contributed by atoms with van der Waals surface area (Å²) < 4.78 is 13.8. The van der Waals surface area contributed by atoms with Gasteiger partial charge in [0, 0.05) is 11.5 Å². The van der Waals surface area contributed by atoms with E-state index in [2.05, 4.69) is 12.2 Å². The van der Waals surface area contributed by atoms with E-state index < -0.39 is 0 Å². The quantitative estimate of drug-likeness (QED) is 0.742. The molecule has 2 fully saturated rings. The van der Waals surface area contributed by atoms with Crippen LogP contribution in [0.25, 0.3) is 0 Å². The van der Waals surface area contributed by atoms with Crippen LogP contribution >= 0.6 is 0 Å². The first kappa shape index (κ1) is 14.4. The molecule has 0 aromatic heterocycles. The van der Waals surface area contributed by atoms with Gasteiger partial charge in [-0.3, -0.25) is 0 Å². The third-order valence-corrected chi connectivity index (χ3v) is 6.03. The number of rotatable bonds is 4. The lowest BCUT2D eigenvalue weighted by Crippen LogP contribution is -3.27. The van der Waals surface area contributed by atoms with Crippen LogP contribution in [0, 0.1) is 23.6 Å². The molecule has 0 radical (unpaired) electrons. The van der Waals surface area contributed by atoms with E-state index >= 15 is 0 Å². The van der Waals surface area contributed by atoms with Gasteiger partial charge >= 0.3 is 0 Å². The molecule has 0 amide bonds. The summed E-state index contributed by atoms with van der Waals surface area (Å²) in [4.78, 5) is 3.32. The molecule has 4 rings (SSSR count). The molecule has 1 saturated heterocycles. The molecule has 1 saturated carbocycles. The van der Waals surface area contributed by atoms with Crippen molar-refractivity contribution in [2.24, 2.45) is 17.8 Å². The molecule has 0 spiro atoms. The Kier molecular flexibility index (Phi) is 4.01. The van der Waals surface area contributed by atoms with Crippen LogP contribution in [-0.2, 0) is 6.54 Å². The van der Waals surface area contributed by atoms with Gasteiger partial charge in [-0.1, -0.05) is 30.4 Å². The monoisotopic (exact) mass is 302 g/mol. The standard InChI is InChI=1S/C19H25FN2/c20-19-4-2-1-3-17(19)13-21-7-9-22(10-8-21)14-18-12-15-5-6-16(18)11-15/h1-6,15-16,18H,7-14H2/p+2/t15-,16+,18+/m1/s1. The zero-order valence-corrected chi connectivity index (χ0v) is 13.2. The second-order valence-corrected chi connectivity index (χ2v) is 7.51. The summed E-state index contributed by atoms with van der Waals surface area (Å²) >= 11 is 0. The number of allylic oxidation sites excluding steroid dienone is 2. The highest BCUT2D eigenvalue weighted by molar-refractivity contribution is 5.15. The van der Waals surface area contributed by atoms with Crippen LogP contribution in [0.15, 0.2) is 36.4 Å². The van der Waals surface area contributed by atoms with Gasteiger partial charge in [-0.05, 0) is 30.7 Å². The van der Waals surface area contributed by atoms with Crippen LogP contribution in [0.1, 0.15) is 18.4 Å². The Balaban J connectivity index is 1.26. The van der Waals surface area contributed by atoms with E-state index in [-0.39, 0.29) is 5.82 Å². The minimum atomic E-state index is -0.0430. The number of fused-ring (bicyclic) bond motifs is 2. The van der Waals surface area contributed by atoms with Crippen molar-refractivity contribution >= 4 is 0 Å². The summed E-state index contributed by atoms with van der Waals surface area (Å²) in [6, 6.07) is 7.24. The van der Waals surface area contributed by atoms with Gasteiger partial charge in [0.15, 0.2) is 0 Å². The summed E-state index contributed by atoms with van der Waals surface area (Å²) in [6.45, 7) is 7.07. The molecule has 2 nitrogen and oxygen atoms in total. The molecule has 1 aliphatic heterocycles. The number of piperazine rings is 1. The first-order valence-corrected chi connectivity index (χ1v) is 8.87. The highest BCUT2D eigenvalue weighted by Crippen LogP contribution is 2.42. The maximum atomic E-state index is 13.8. The third-order valence-electron chi connectivity index (χ3n) is 6.03. The van der Waals surface area contributed by atoms with Crippen molar-refractivity contribution in [3.8, 4) is 0 Å². The molecule has 118 valence electrons. The van der Waals surface area contributed by atoms with Crippen molar-refractivity contribution in [1.29, 1.82) is 0 Å². The summed E-state index contributed by atoms with van der Waals surface area (Å²) in [5, 5.41) is 0. The third kappa shape index (κ3) is 2.97. The molecule has 1 aromatic carbocycles. The maximum absolute atomic E-state index is 13.8. The van der Waals surface area contributed by atoms with Crippen LogP contribution in [0.2, 0.25) is 0 Å². The Morgan fingerprint density at radius 1 is 0.955 bits per heavy atom. The van der Waals surface area contributed by atoms with Gasteiger partial charge in [0.2, 0.25) is 0 Å². The van der Waals surface area contributed by atoms with E-state index in [4.69, 9.17) is 0 Å². The van der Waals surface area contributed by atoms with E-state index in [1.165, 1.54) is 45.6 Å². The zero-order chi connectivity index (χ0) is 14.9. The van der Waals surface area contributed by atoms with Gasteiger partial charge < -0.3 is 9.80 Å². The Morgan fingerprint density at radius 2 is 1.73 bits per heavy atom. The second kappa shape index (κ2) is 6.13. The summed E-state index contributed by atoms with van der Waals surface area (Å²) in [6.07, 6.45) is 7.75. The normalized spacial score (nSPS) is 36.9. The lowest BCUT2D eigenvalue weighted by Gasteiger charge is -2.32. The first-order valence-electron chi connectivity index (χ1n) is 8.87. The number of nitrogens with one attached hydrogen (secondary N) is 2. The van der Waals surface area contributed by atoms with E-state index in [0.717, 1.165) is 29.9 Å². The van der Waals surface area contributed by atoms with Gasteiger partial charge in [0.05, 0.1) is 6.54 Å². The Morgan fingerprint density at radius 3 is 2.41 bits per heavy atom. The molecular formula is C19H27FN2+2. The average Bonchev–Trinajstić information content (AvgIpc) is 3.14. The number of hydrogen-bond acceptors (Lipinski definition) is 0. The first-order chi connectivity index (χ1) is 10.8. The SMILES string of the molecule is Fc1ccccc1C[NH+]1CC[NH+](C[C@@H]2C[C@@H]3C=C[C@H]2C3)CC1. The smallest absolute Gasteiger partial charge is 0.132 e. The molecule has 3 heteroatoms. The van der Waals surface area contributed by atoms with E-state index in [1.807, 2.05) is 12.1 Å². The predicted molar refractivity (Wildman–Crippen MR) is 85.2 cm³/mol. The van der Waals surface area contributed by atoms with E-state index in [9.17, 15) is 4.39 Å². The number of halogens is 1. The number of hydrogen-bond donors (Lipinski definition) is 2. The topological polar surface area (TPSA) is 8.88 Å². The fourth-order valence-electron chi connectivity index (χ4n) is 4.75. The summed E-state index contributed by atoms with van der Waals surface area (Å²) in [7, 11) is 0. The Hall–Kier alpha value is -1.19. The largest absolute Gasteiger partial charge is 0.325 e. The fourth-order valence-corrected chi connectivity index (χ4v) is 4.75. The lowest BCUT2D eigenvalue weighted by atomic mass is 9.93. The zero-order valence-electron chi connectivity index (χ0n) is 13.2.